The Morgan fingerprint density at radius 2 is 1.92 bits per heavy atom. The summed E-state index contributed by atoms with van der Waals surface area (Å²) in [4.78, 5) is 6.28. The van der Waals surface area contributed by atoms with Crippen LogP contribution in [-0.4, -0.2) is 28.1 Å². The molecule has 3 nitrogen and oxygen atoms in total. The molecule has 26 heavy (non-hydrogen) atoms. The van der Waals surface area contributed by atoms with Crippen LogP contribution in [0.1, 0.15) is 35.4 Å². The summed E-state index contributed by atoms with van der Waals surface area (Å²) >= 11 is 5.45. The van der Waals surface area contributed by atoms with E-state index >= 15 is 0 Å². The van der Waals surface area contributed by atoms with Crippen LogP contribution in [0.3, 0.4) is 0 Å². The standard InChI is InChI=1S/C19H20F3N3S/c1-13-5-8-23-17(11-13)24-18(26)25-9-6-14(7-10-25)15-3-2-4-16(12-15)19(20,21)22/h2-5,8,11-12,14H,6-7,9-10H2,1H3,(H,23,24,26). The number of nitrogens with zero attached hydrogens (tertiary/aromatic N) is 2. The number of halogens is 3. The average molecular weight is 379 g/mol. The molecule has 1 aromatic carbocycles. The molecule has 7 heteroatoms. The Labute approximate surface area is 156 Å². The third-order valence-corrected chi connectivity index (χ3v) is 4.98. The highest BCUT2D eigenvalue weighted by Crippen LogP contribution is 2.34. The fraction of sp³-hybridized carbons (Fsp3) is 0.368. The molecule has 3 rings (SSSR count). The van der Waals surface area contributed by atoms with Gasteiger partial charge in [-0.15, -0.1) is 0 Å². The van der Waals surface area contributed by atoms with Gasteiger partial charge in [-0.2, -0.15) is 13.2 Å². The second kappa shape index (κ2) is 7.61. The van der Waals surface area contributed by atoms with Gasteiger partial charge in [0.2, 0.25) is 0 Å². The molecule has 1 aliphatic heterocycles. The largest absolute Gasteiger partial charge is 0.416 e. The third kappa shape index (κ3) is 4.52. The maximum atomic E-state index is 12.9. The molecule has 2 heterocycles. The highest BCUT2D eigenvalue weighted by molar-refractivity contribution is 7.80. The molecule has 1 saturated heterocycles. The van der Waals surface area contributed by atoms with Gasteiger partial charge in [0, 0.05) is 19.3 Å². The summed E-state index contributed by atoms with van der Waals surface area (Å²) < 4.78 is 38.7. The van der Waals surface area contributed by atoms with Crippen LogP contribution in [0, 0.1) is 6.92 Å². The molecular weight excluding hydrogens is 359 g/mol. The number of anilines is 1. The Bertz CT molecular complexity index is 784. The molecule has 1 aliphatic rings. The minimum Gasteiger partial charge on any atom is -0.349 e. The van der Waals surface area contributed by atoms with E-state index in [2.05, 4.69) is 10.3 Å². The van der Waals surface area contributed by atoms with Crippen LogP contribution in [0.2, 0.25) is 0 Å². The van der Waals surface area contributed by atoms with Crippen LogP contribution in [-0.2, 0) is 6.18 Å². The topological polar surface area (TPSA) is 28.2 Å². The molecule has 0 unspecified atom stereocenters. The van der Waals surface area contributed by atoms with E-state index in [0.29, 0.717) is 24.0 Å². The number of alkyl halides is 3. The molecule has 0 aliphatic carbocycles. The van der Waals surface area contributed by atoms with Gasteiger partial charge in [-0.05, 0) is 67.2 Å². The van der Waals surface area contributed by atoms with Gasteiger partial charge in [0.1, 0.15) is 5.82 Å². The minimum atomic E-state index is -4.30. The fourth-order valence-corrected chi connectivity index (χ4v) is 3.47. The molecule has 1 N–H and O–H groups in total. The summed E-state index contributed by atoms with van der Waals surface area (Å²) in [6, 6.07) is 9.49. The molecule has 0 amide bonds. The number of aromatic nitrogens is 1. The SMILES string of the molecule is Cc1ccnc(NC(=S)N2CCC(c3cccc(C(F)(F)F)c3)CC2)c1. The molecule has 1 fully saturated rings. The van der Waals surface area contributed by atoms with Crippen LogP contribution in [0.4, 0.5) is 19.0 Å². The first-order chi connectivity index (χ1) is 12.3. The summed E-state index contributed by atoms with van der Waals surface area (Å²) in [5, 5.41) is 3.74. The maximum Gasteiger partial charge on any atom is 0.416 e. The zero-order valence-corrected chi connectivity index (χ0v) is 15.2. The van der Waals surface area contributed by atoms with E-state index in [1.807, 2.05) is 24.0 Å². The number of aryl methyl sites for hydroxylation is 1. The Balaban J connectivity index is 1.60. The van der Waals surface area contributed by atoms with E-state index in [-0.39, 0.29) is 5.92 Å². The number of thiocarbonyl (C=S) groups is 1. The highest BCUT2D eigenvalue weighted by Gasteiger charge is 2.31. The molecule has 138 valence electrons. The van der Waals surface area contributed by atoms with Crippen molar-refractivity contribution in [1.29, 1.82) is 0 Å². The van der Waals surface area contributed by atoms with Crippen LogP contribution in [0.15, 0.2) is 42.6 Å². The van der Waals surface area contributed by atoms with Crippen molar-refractivity contribution < 1.29 is 13.2 Å². The smallest absolute Gasteiger partial charge is 0.349 e. The minimum absolute atomic E-state index is 0.119. The van der Waals surface area contributed by atoms with E-state index in [1.165, 1.54) is 12.1 Å². The summed E-state index contributed by atoms with van der Waals surface area (Å²) in [6.45, 7) is 3.40. The Morgan fingerprint density at radius 3 is 2.58 bits per heavy atom. The summed E-state index contributed by atoms with van der Waals surface area (Å²) in [6.07, 6.45) is -1.04. The Morgan fingerprint density at radius 1 is 1.19 bits per heavy atom. The molecule has 0 radical (unpaired) electrons. The van der Waals surface area contributed by atoms with Gasteiger partial charge in [0.05, 0.1) is 5.56 Å². The van der Waals surface area contributed by atoms with Crippen LogP contribution < -0.4 is 5.32 Å². The average Bonchev–Trinajstić information content (AvgIpc) is 2.61. The second-order valence-corrected chi connectivity index (χ2v) is 6.92. The lowest BCUT2D eigenvalue weighted by Crippen LogP contribution is -2.40. The van der Waals surface area contributed by atoms with E-state index in [4.69, 9.17) is 12.2 Å². The number of likely N-dealkylation sites (tertiary alicyclic amines) is 1. The molecule has 0 atom stereocenters. The van der Waals surface area contributed by atoms with Gasteiger partial charge in [-0.25, -0.2) is 4.98 Å². The monoisotopic (exact) mass is 379 g/mol. The van der Waals surface area contributed by atoms with Gasteiger partial charge in [0.15, 0.2) is 5.11 Å². The first kappa shape index (κ1) is 18.6. The van der Waals surface area contributed by atoms with E-state index in [1.54, 1.807) is 12.3 Å². The highest BCUT2D eigenvalue weighted by atomic mass is 32.1. The van der Waals surface area contributed by atoms with E-state index < -0.39 is 11.7 Å². The second-order valence-electron chi connectivity index (χ2n) is 6.53. The van der Waals surface area contributed by atoms with Crippen molar-refractivity contribution >= 4 is 23.1 Å². The molecule has 1 aromatic heterocycles. The van der Waals surface area contributed by atoms with E-state index in [9.17, 15) is 13.2 Å². The van der Waals surface area contributed by atoms with Crippen molar-refractivity contribution in [2.45, 2.75) is 31.9 Å². The van der Waals surface area contributed by atoms with Gasteiger partial charge >= 0.3 is 6.18 Å². The van der Waals surface area contributed by atoms with Crippen LogP contribution in [0.5, 0.6) is 0 Å². The summed E-state index contributed by atoms with van der Waals surface area (Å²) in [5.41, 5.74) is 1.26. The lowest BCUT2D eigenvalue weighted by molar-refractivity contribution is -0.137. The van der Waals surface area contributed by atoms with Crippen molar-refractivity contribution in [1.82, 2.24) is 9.88 Å². The van der Waals surface area contributed by atoms with Gasteiger partial charge in [-0.1, -0.05) is 18.2 Å². The van der Waals surface area contributed by atoms with Crippen molar-refractivity contribution in [3.05, 3.63) is 59.3 Å². The lowest BCUT2D eigenvalue weighted by Gasteiger charge is -2.34. The number of hydrogen-bond donors (Lipinski definition) is 1. The molecule has 0 saturated carbocycles. The van der Waals surface area contributed by atoms with E-state index in [0.717, 1.165) is 30.0 Å². The third-order valence-electron chi connectivity index (χ3n) is 4.62. The number of hydrogen-bond acceptors (Lipinski definition) is 2. The summed E-state index contributed by atoms with van der Waals surface area (Å²) in [5.74, 6) is 0.823. The van der Waals surface area contributed by atoms with Gasteiger partial charge < -0.3 is 10.2 Å². The molecule has 0 spiro atoms. The predicted molar refractivity (Wildman–Crippen MR) is 100 cm³/mol. The predicted octanol–water partition coefficient (Wildman–Crippen LogP) is 4.99. The zero-order chi connectivity index (χ0) is 18.7. The summed E-state index contributed by atoms with van der Waals surface area (Å²) in [7, 11) is 0. The number of rotatable bonds is 2. The van der Waals surface area contributed by atoms with Crippen LogP contribution >= 0.6 is 12.2 Å². The molecule has 0 bridgehead atoms. The van der Waals surface area contributed by atoms with Crippen LogP contribution in [0.25, 0.3) is 0 Å². The first-order valence-corrected chi connectivity index (χ1v) is 8.89. The number of piperidine rings is 1. The van der Waals surface area contributed by atoms with Gasteiger partial charge in [-0.3, -0.25) is 0 Å². The Hall–Kier alpha value is -2.15. The Kier molecular flexibility index (Phi) is 5.46. The molecule has 2 aromatic rings. The van der Waals surface area contributed by atoms with Gasteiger partial charge in [0.25, 0.3) is 0 Å². The lowest BCUT2D eigenvalue weighted by atomic mass is 9.88. The zero-order valence-electron chi connectivity index (χ0n) is 14.4. The number of nitrogens with one attached hydrogen (secondary N) is 1. The quantitative estimate of drug-likeness (QED) is 0.745. The number of pyridine rings is 1. The fourth-order valence-electron chi connectivity index (χ4n) is 3.18. The number of benzene rings is 1. The van der Waals surface area contributed by atoms with Crippen molar-refractivity contribution in [2.24, 2.45) is 0 Å². The van der Waals surface area contributed by atoms with Crippen molar-refractivity contribution in [3.8, 4) is 0 Å². The first-order valence-electron chi connectivity index (χ1n) is 8.48. The maximum absolute atomic E-state index is 12.9. The normalized spacial score (nSPS) is 15.8. The van der Waals surface area contributed by atoms with Crippen molar-refractivity contribution in [2.75, 3.05) is 18.4 Å². The van der Waals surface area contributed by atoms with Crippen molar-refractivity contribution in [3.63, 3.8) is 0 Å². The molecular formula is C19H20F3N3S.